The van der Waals surface area contributed by atoms with Gasteiger partial charge in [-0.2, -0.15) is 0 Å². The van der Waals surface area contributed by atoms with E-state index in [9.17, 15) is 18.0 Å². The zero-order chi connectivity index (χ0) is 27.0. The first-order valence-corrected chi connectivity index (χ1v) is 13.4. The number of rotatable bonds is 8. The molecule has 2 aromatic rings. The van der Waals surface area contributed by atoms with Gasteiger partial charge < -0.3 is 15.0 Å². The van der Waals surface area contributed by atoms with Crippen molar-refractivity contribution in [3.8, 4) is 5.75 Å². The third kappa shape index (κ3) is 5.35. The normalized spacial score (nSPS) is 13.4. The molecule has 194 valence electrons. The highest BCUT2D eigenvalue weighted by Gasteiger charge is 2.31. The number of Topliss-reactive ketones (excluding diaryl/α,β-unsaturated/α-hetero) is 1. The summed E-state index contributed by atoms with van der Waals surface area (Å²) >= 11 is 0. The molecule has 11 heteroatoms. The van der Waals surface area contributed by atoms with E-state index in [1.54, 1.807) is 36.1 Å². The van der Waals surface area contributed by atoms with Crippen LogP contribution in [0.25, 0.3) is 0 Å². The maximum absolute atomic E-state index is 13.3. The molecular formula is C25H33N5O5S. The monoisotopic (exact) mass is 515 g/mol. The number of fused-ring (bicyclic) bond motifs is 1. The van der Waals surface area contributed by atoms with E-state index in [-0.39, 0.29) is 30.4 Å². The first-order valence-electron chi connectivity index (χ1n) is 11.5. The molecule has 0 aliphatic carbocycles. The second kappa shape index (κ2) is 9.88. The van der Waals surface area contributed by atoms with Crippen LogP contribution in [0.4, 0.5) is 5.69 Å². The van der Waals surface area contributed by atoms with Crippen LogP contribution in [0, 0.1) is 5.41 Å². The number of nitrogens with one attached hydrogen (secondary N) is 2. The highest BCUT2D eigenvalue weighted by Crippen LogP contribution is 2.34. The fourth-order valence-corrected chi connectivity index (χ4v) is 4.52. The quantitative estimate of drug-likeness (QED) is 0.516. The van der Waals surface area contributed by atoms with Gasteiger partial charge in [0, 0.05) is 31.8 Å². The van der Waals surface area contributed by atoms with Crippen molar-refractivity contribution >= 4 is 33.2 Å². The number of sulfonamides is 1. The van der Waals surface area contributed by atoms with Crippen molar-refractivity contribution in [1.29, 1.82) is 5.41 Å². The topological polar surface area (TPSA) is 133 Å². The zero-order valence-corrected chi connectivity index (χ0v) is 22.5. The van der Waals surface area contributed by atoms with Crippen molar-refractivity contribution in [2.45, 2.75) is 39.7 Å². The minimum absolute atomic E-state index is 0.0519. The van der Waals surface area contributed by atoms with Crippen LogP contribution in [-0.2, 0) is 22.0 Å². The third-order valence-electron chi connectivity index (χ3n) is 6.01. The zero-order valence-electron chi connectivity index (χ0n) is 21.7. The molecule has 2 N–H and O–H groups in total. The van der Waals surface area contributed by atoms with Gasteiger partial charge in [-0.1, -0.05) is 20.8 Å². The highest BCUT2D eigenvalue weighted by atomic mass is 32.2. The molecule has 1 aromatic heterocycles. The second-order valence-electron chi connectivity index (χ2n) is 9.70. The molecule has 10 nitrogen and oxygen atoms in total. The summed E-state index contributed by atoms with van der Waals surface area (Å²) < 4.78 is 31.1. The summed E-state index contributed by atoms with van der Waals surface area (Å²) in [5.41, 5.74) is 2.36. The first kappa shape index (κ1) is 27.1. The molecule has 0 atom stereocenters. The van der Waals surface area contributed by atoms with Gasteiger partial charge in [-0.3, -0.25) is 19.3 Å². The van der Waals surface area contributed by atoms with Crippen LogP contribution in [-0.4, -0.2) is 69.3 Å². The van der Waals surface area contributed by atoms with E-state index in [1.165, 1.54) is 18.4 Å². The van der Waals surface area contributed by atoms with Gasteiger partial charge in [0.2, 0.25) is 10.0 Å². The van der Waals surface area contributed by atoms with Crippen LogP contribution in [0.2, 0.25) is 0 Å². The fraction of sp³-hybridized carbons (Fsp3) is 0.440. The van der Waals surface area contributed by atoms with Crippen molar-refractivity contribution < 1.29 is 22.7 Å². The lowest BCUT2D eigenvalue weighted by Gasteiger charge is -2.28. The summed E-state index contributed by atoms with van der Waals surface area (Å²) in [7, 11) is -0.500. The van der Waals surface area contributed by atoms with E-state index < -0.39 is 21.3 Å². The van der Waals surface area contributed by atoms with Crippen LogP contribution < -0.4 is 14.4 Å². The number of ketones is 1. The van der Waals surface area contributed by atoms with E-state index >= 15 is 0 Å². The predicted octanol–water partition coefficient (Wildman–Crippen LogP) is 2.56. The second-order valence-corrected chi connectivity index (χ2v) is 11.7. The van der Waals surface area contributed by atoms with E-state index in [0.717, 1.165) is 11.8 Å². The molecule has 3 rings (SSSR count). The molecule has 1 aromatic carbocycles. The Morgan fingerprint density at radius 1 is 1.25 bits per heavy atom. The van der Waals surface area contributed by atoms with Gasteiger partial charge in [0.05, 0.1) is 25.1 Å². The summed E-state index contributed by atoms with van der Waals surface area (Å²) in [6.45, 7) is 8.22. The molecule has 0 radical (unpaired) electrons. The van der Waals surface area contributed by atoms with Gasteiger partial charge >= 0.3 is 0 Å². The fourth-order valence-electron chi connectivity index (χ4n) is 4.00. The van der Waals surface area contributed by atoms with E-state index in [4.69, 9.17) is 10.1 Å². The molecule has 0 saturated heterocycles. The van der Waals surface area contributed by atoms with Gasteiger partial charge in [-0.15, -0.1) is 0 Å². The van der Waals surface area contributed by atoms with E-state index in [2.05, 4.69) is 10.3 Å². The number of carbonyl (C=O) groups excluding carboxylic acids is 2. The van der Waals surface area contributed by atoms with Crippen LogP contribution in [0.15, 0.2) is 24.3 Å². The number of amidine groups is 1. The third-order valence-corrected chi connectivity index (χ3v) is 7.20. The molecule has 36 heavy (non-hydrogen) atoms. The van der Waals surface area contributed by atoms with Crippen molar-refractivity contribution in [1.82, 2.24) is 15.2 Å². The largest absolute Gasteiger partial charge is 0.491 e. The molecule has 0 spiro atoms. The van der Waals surface area contributed by atoms with Crippen LogP contribution in [0.3, 0.4) is 0 Å². The Labute approximate surface area is 212 Å². The Morgan fingerprint density at radius 2 is 1.92 bits per heavy atom. The molecule has 1 aliphatic rings. The number of nitrogens with zero attached hydrogens (tertiary/aromatic N) is 3. The van der Waals surface area contributed by atoms with E-state index in [0.29, 0.717) is 34.9 Å². The maximum Gasteiger partial charge on any atom is 0.273 e. The van der Waals surface area contributed by atoms with Gasteiger partial charge in [0.25, 0.3) is 5.91 Å². The number of benzene rings is 1. The number of aromatic nitrogens is 1. The van der Waals surface area contributed by atoms with Gasteiger partial charge in [0.15, 0.2) is 17.2 Å². The number of amides is 1. The van der Waals surface area contributed by atoms with Gasteiger partial charge in [-0.05, 0) is 42.2 Å². The molecule has 0 saturated carbocycles. The maximum atomic E-state index is 13.3. The average Bonchev–Trinajstić information content (AvgIpc) is 3.10. The molecule has 2 heterocycles. The molecule has 0 fully saturated rings. The minimum Gasteiger partial charge on any atom is -0.491 e. The summed E-state index contributed by atoms with van der Waals surface area (Å²) in [6.07, 6.45) is 1.13. The lowest BCUT2D eigenvalue weighted by Crippen LogP contribution is -2.31. The summed E-state index contributed by atoms with van der Waals surface area (Å²) in [4.78, 5) is 31.5. The first-order chi connectivity index (χ1) is 16.7. The Morgan fingerprint density at radius 3 is 2.47 bits per heavy atom. The lowest BCUT2D eigenvalue weighted by molar-refractivity contribution is 0.0949. The minimum atomic E-state index is -3.48. The number of ether oxygens (including phenoxy) is 1. The Balaban J connectivity index is 1.91. The summed E-state index contributed by atoms with van der Waals surface area (Å²) in [6, 6.07) is 6.67. The number of hydrogen-bond donors (Lipinski definition) is 2. The number of carbonyl (C=O) groups is 2. The molecular weight excluding hydrogens is 482 g/mol. The number of anilines is 1. The van der Waals surface area contributed by atoms with Crippen molar-refractivity contribution in [3.63, 3.8) is 0 Å². The Bertz CT molecular complexity index is 1330. The van der Waals surface area contributed by atoms with Crippen LogP contribution in [0.5, 0.6) is 5.75 Å². The summed E-state index contributed by atoms with van der Waals surface area (Å²) in [5.74, 6) is -0.256. The molecule has 1 aliphatic heterocycles. The number of hydrogen-bond acceptors (Lipinski definition) is 7. The van der Waals surface area contributed by atoms with E-state index in [1.807, 2.05) is 20.8 Å². The predicted molar refractivity (Wildman–Crippen MR) is 139 cm³/mol. The Kier molecular flexibility index (Phi) is 7.45. The van der Waals surface area contributed by atoms with Crippen LogP contribution >= 0.6 is 0 Å². The average molecular weight is 516 g/mol. The summed E-state index contributed by atoms with van der Waals surface area (Å²) in [5, 5.41) is 11.1. The van der Waals surface area contributed by atoms with Crippen LogP contribution in [0.1, 0.15) is 65.4 Å². The van der Waals surface area contributed by atoms with Gasteiger partial charge in [0.1, 0.15) is 11.5 Å². The van der Waals surface area contributed by atoms with Gasteiger partial charge in [-0.25, -0.2) is 13.4 Å². The molecule has 1 amide bonds. The standard InChI is InChI=1S/C25H33N5O5S/c1-8-35-20-12-16-13-30(23(26)21(16)28-22(20)24(32)27-5)14-19(31)15-9-10-18(29(6)36(7,33)34)17(11-15)25(2,3)4/h9-12,26H,8,13-14H2,1-7H3,(H,27,32). The molecule has 0 unspecified atom stereocenters. The Hall–Kier alpha value is -3.47. The van der Waals surface area contributed by atoms with Crippen molar-refractivity contribution in [3.05, 3.63) is 52.3 Å². The highest BCUT2D eigenvalue weighted by molar-refractivity contribution is 7.92. The number of pyridine rings is 1. The van der Waals surface area contributed by atoms with Crippen molar-refractivity contribution in [2.24, 2.45) is 0 Å². The lowest BCUT2D eigenvalue weighted by atomic mass is 9.84. The smallest absolute Gasteiger partial charge is 0.273 e. The SMILES string of the molecule is CCOc1cc2c(nc1C(=O)NC)C(=N)N(CC(=O)c1ccc(N(C)S(C)(=O)=O)c(C(C)(C)C)c1)C2. The van der Waals surface area contributed by atoms with Crippen molar-refractivity contribution in [2.75, 3.05) is 37.8 Å². The molecule has 0 bridgehead atoms.